The molecule has 1 rings (SSSR count). The van der Waals surface area contributed by atoms with Crippen LogP contribution in [0.15, 0.2) is 0 Å². The van der Waals surface area contributed by atoms with Crippen molar-refractivity contribution < 1.29 is 9.47 Å². The third-order valence-corrected chi connectivity index (χ3v) is 2.51. The van der Waals surface area contributed by atoms with Crippen LogP contribution in [0, 0.1) is 0 Å². The van der Waals surface area contributed by atoms with E-state index in [4.69, 9.17) is 9.47 Å². The van der Waals surface area contributed by atoms with Crippen molar-refractivity contribution >= 4 is 0 Å². The summed E-state index contributed by atoms with van der Waals surface area (Å²) in [4.78, 5) is 0. The number of hydrogen-bond acceptors (Lipinski definition) is 2. The molecule has 2 heteroatoms. The number of unbranched alkanes of at least 4 members (excludes halogenated alkanes) is 2. The van der Waals surface area contributed by atoms with Crippen LogP contribution in [0.5, 0.6) is 0 Å². The summed E-state index contributed by atoms with van der Waals surface area (Å²) in [5, 5.41) is 0. The number of rotatable bonds is 5. The topological polar surface area (TPSA) is 18.5 Å². The Morgan fingerprint density at radius 2 is 1.75 bits per heavy atom. The third kappa shape index (κ3) is 2.46. The second-order valence-corrected chi connectivity index (χ2v) is 3.42. The van der Waals surface area contributed by atoms with Crippen LogP contribution in [-0.4, -0.2) is 19.0 Å². The van der Waals surface area contributed by atoms with Crippen LogP contribution in [0.2, 0.25) is 0 Å². The van der Waals surface area contributed by atoms with E-state index in [-0.39, 0.29) is 5.79 Å². The highest BCUT2D eigenvalue weighted by Gasteiger charge is 2.33. The lowest BCUT2D eigenvalue weighted by molar-refractivity contribution is -0.164. The van der Waals surface area contributed by atoms with Gasteiger partial charge >= 0.3 is 0 Å². The van der Waals surface area contributed by atoms with Crippen molar-refractivity contribution in [2.75, 3.05) is 13.2 Å². The summed E-state index contributed by atoms with van der Waals surface area (Å²) in [6, 6.07) is 0. The predicted molar refractivity (Wildman–Crippen MR) is 49.1 cm³/mol. The monoisotopic (exact) mass is 172 g/mol. The molecule has 1 aliphatic heterocycles. The van der Waals surface area contributed by atoms with Gasteiger partial charge in [-0.2, -0.15) is 0 Å². The zero-order valence-corrected chi connectivity index (χ0v) is 8.27. The van der Waals surface area contributed by atoms with E-state index in [1.165, 1.54) is 19.3 Å². The van der Waals surface area contributed by atoms with E-state index >= 15 is 0 Å². The molecular formula is C10H20O2. The minimum Gasteiger partial charge on any atom is -0.348 e. The minimum absolute atomic E-state index is 0.213. The van der Waals surface area contributed by atoms with Crippen molar-refractivity contribution in [1.29, 1.82) is 0 Å². The van der Waals surface area contributed by atoms with Gasteiger partial charge in [0.15, 0.2) is 5.79 Å². The van der Waals surface area contributed by atoms with E-state index in [2.05, 4.69) is 13.8 Å². The molecule has 0 radical (unpaired) electrons. The molecule has 2 nitrogen and oxygen atoms in total. The molecule has 0 saturated carbocycles. The summed E-state index contributed by atoms with van der Waals surface area (Å²) in [5.74, 6) is -0.213. The van der Waals surface area contributed by atoms with Gasteiger partial charge in [0, 0.05) is 6.42 Å². The fraction of sp³-hybridized carbons (Fsp3) is 1.00. The molecule has 0 atom stereocenters. The largest absolute Gasteiger partial charge is 0.348 e. The molecule has 0 amide bonds. The molecule has 0 spiro atoms. The zero-order chi connectivity index (χ0) is 8.86. The minimum atomic E-state index is -0.213. The normalized spacial score (nSPS) is 21.5. The first-order valence-corrected chi connectivity index (χ1v) is 5.11. The molecule has 0 aromatic carbocycles. The first-order chi connectivity index (χ1) is 5.83. The molecular weight excluding hydrogens is 152 g/mol. The number of ether oxygens (including phenoxy) is 2. The van der Waals surface area contributed by atoms with Gasteiger partial charge in [-0.25, -0.2) is 0 Å². The molecule has 72 valence electrons. The average Bonchev–Trinajstić information content (AvgIpc) is 2.55. The smallest absolute Gasteiger partial charge is 0.168 e. The maximum atomic E-state index is 5.61. The van der Waals surface area contributed by atoms with Crippen LogP contribution in [0.3, 0.4) is 0 Å². The standard InChI is InChI=1S/C10H20O2/c1-3-5-6-7-10(4-2)11-8-9-12-10/h3-9H2,1-2H3. The lowest BCUT2D eigenvalue weighted by Crippen LogP contribution is -2.28. The van der Waals surface area contributed by atoms with Crippen molar-refractivity contribution in [2.24, 2.45) is 0 Å². The first-order valence-electron chi connectivity index (χ1n) is 5.11. The molecule has 12 heavy (non-hydrogen) atoms. The van der Waals surface area contributed by atoms with Gasteiger partial charge in [0.25, 0.3) is 0 Å². The highest BCUT2D eigenvalue weighted by Crippen LogP contribution is 2.28. The van der Waals surface area contributed by atoms with Gasteiger partial charge in [0.2, 0.25) is 0 Å². The Morgan fingerprint density at radius 3 is 2.25 bits per heavy atom. The third-order valence-electron chi connectivity index (χ3n) is 2.51. The van der Waals surface area contributed by atoms with Gasteiger partial charge in [-0.1, -0.05) is 26.7 Å². The highest BCUT2D eigenvalue weighted by molar-refractivity contribution is 4.72. The Bertz CT molecular complexity index is 117. The van der Waals surface area contributed by atoms with Gasteiger partial charge in [0.05, 0.1) is 13.2 Å². The molecule has 0 aliphatic carbocycles. The van der Waals surface area contributed by atoms with Gasteiger partial charge in [-0.3, -0.25) is 0 Å². The lowest BCUT2D eigenvalue weighted by Gasteiger charge is -2.25. The SMILES string of the molecule is CCCCCC1(CC)OCCO1. The second-order valence-electron chi connectivity index (χ2n) is 3.42. The molecule has 0 aromatic heterocycles. The van der Waals surface area contributed by atoms with Crippen molar-refractivity contribution in [3.05, 3.63) is 0 Å². The molecule has 0 aromatic rings. The van der Waals surface area contributed by atoms with E-state index < -0.39 is 0 Å². The van der Waals surface area contributed by atoms with E-state index in [1.54, 1.807) is 0 Å². The predicted octanol–water partition coefficient (Wildman–Crippen LogP) is 2.72. The molecule has 1 aliphatic rings. The van der Waals surface area contributed by atoms with E-state index in [0.29, 0.717) is 0 Å². The molecule has 0 bridgehead atoms. The van der Waals surface area contributed by atoms with E-state index in [1.807, 2.05) is 0 Å². The van der Waals surface area contributed by atoms with E-state index in [0.717, 1.165) is 26.1 Å². The van der Waals surface area contributed by atoms with Crippen LogP contribution in [0.25, 0.3) is 0 Å². The molecule has 1 heterocycles. The fourth-order valence-corrected chi connectivity index (χ4v) is 1.67. The van der Waals surface area contributed by atoms with Crippen molar-refractivity contribution in [1.82, 2.24) is 0 Å². The Balaban J connectivity index is 2.24. The Kier molecular flexibility index (Phi) is 4.02. The summed E-state index contributed by atoms with van der Waals surface area (Å²) >= 11 is 0. The van der Waals surface area contributed by atoms with Crippen LogP contribution in [-0.2, 0) is 9.47 Å². The Morgan fingerprint density at radius 1 is 1.08 bits per heavy atom. The maximum Gasteiger partial charge on any atom is 0.168 e. The van der Waals surface area contributed by atoms with Crippen LogP contribution in [0.1, 0.15) is 46.0 Å². The lowest BCUT2D eigenvalue weighted by atomic mass is 10.1. The summed E-state index contributed by atoms with van der Waals surface area (Å²) in [6.07, 6.45) is 5.83. The van der Waals surface area contributed by atoms with Crippen molar-refractivity contribution in [2.45, 2.75) is 51.7 Å². The first kappa shape index (κ1) is 10.0. The average molecular weight is 172 g/mol. The van der Waals surface area contributed by atoms with Crippen molar-refractivity contribution in [3.8, 4) is 0 Å². The molecule has 0 unspecified atom stereocenters. The molecule has 1 saturated heterocycles. The quantitative estimate of drug-likeness (QED) is 0.594. The maximum absolute atomic E-state index is 5.61. The van der Waals surface area contributed by atoms with Gasteiger partial charge in [-0.05, 0) is 12.8 Å². The Labute approximate surface area is 75.2 Å². The van der Waals surface area contributed by atoms with Gasteiger partial charge in [0.1, 0.15) is 0 Å². The van der Waals surface area contributed by atoms with Gasteiger partial charge < -0.3 is 9.47 Å². The summed E-state index contributed by atoms with van der Waals surface area (Å²) in [7, 11) is 0. The van der Waals surface area contributed by atoms with Crippen LogP contribution in [0.4, 0.5) is 0 Å². The zero-order valence-electron chi connectivity index (χ0n) is 8.27. The Hall–Kier alpha value is -0.0800. The summed E-state index contributed by atoms with van der Waals surface area (Å²) in [5.41, 5.74) is 0. The highest BCUT2D eigenvalue weighted by atomic mass is 16.7. The second kappa shape index (κ2) is 4.83. The van der Waals surface area contributed by atoms with Crippen LogP contribution < -0.4 is 0 Å². The fourth-order valence-electron chi connectivity index (χ4n) is 1.67. The number of hydrogen-bond donors (Lipinski definition) is 0. The van der Waals surface area contributed by atoms with Gasteiger partial charge in [-0.15, -0.1) is 0 Å². The molecule has 1 fully saturated rings. The van der Waals surface area contributed by atoms with E-state index in [9.17, 15) is 0 Å². The summed E-state index contributed by atoms with van der Waals surface area (Å²) in [6.45, 7) is 5.91. The van der Waals surface area contributed by atoms with Crippen LogP contribution >= 0.6 is 0 Å². The summed E-state index contributed by atoms with van der Waals surface area (Å²) < 4.78 is 11.2. The van der Waals surface area contributed by atoms with Crippen molar-refractivity contribution in [3.63, 3.8) is 0 Å². The molecule has 0 N–H and O–H groups in total.